The average molecular weight is 752 g/mol. The Kier molecular flexibility index (Phi) is 12.1. The van der Waals surface area contributed by atoms with Crippen molar-refractivity contribution >= 4 is 63.3 Å². The Bertz CT molecular complexity index is 2380. The molecular weight excluding hydrogens is 703 g/mol. The van der Waals surface area contributed by atoms with Gasteiger partial charge in [-0.25, -0.2) is 9.97 Å². The van der Waals surface area contributed by atoms with E-state index in [1.807, 2.05) is 55.0 Å². The number of likely N-dealkylation sites (N-methyl/N-ethyl adjacent to an activating group) is 2. The number of hydrogen-bond donors (Lipinski definition) is 4. The lowest BCUT2D eigenvalue weighted by Crippen LogP contribution is -2.34. The molecule has 17 nitrogen and oxygen atoms in total. The van der Waals surface area contributed by atoms with Crippen molar-refractivity contribution < 1.29 is 19.2 Å². The molecule has 5 N–H and O–H groups in total. The molecule has 290 valence electrons. The number of primary amides is 1. The molecule has 4 amide bonds. The molecule has 0 spiro atoms. The van der Waals surface area contributed by atoms with Crippen LogP contribution in [0.25, 0.3) is 22.1 Å². The largest absolute Gasteiger partial charge is 0.366 e. The second-order valence-corrected chi connectivity index (χ2v) is 13.0. The van der Waals surface area contributed by atoms with Crippen molar-refractivity contribution in [3.63, 3.8) is 0 Å². The van der Waals surface area contributed by atoms with Crippen LogP contribution < -0.4 is 26.6 Å². The van der Waals surface area contributed by atoms with E-state index in [-0.39, 0.29) is 31.7 Å². The summed E-state index contributed by atoms with van der Waals surface area (Å²) in [6.45, 7) is 9.60. The van der Waals surface area contributed by atoms with Crippen molar-refractivity contribution in [2.45, 2.75) is 74.1 Å². The third-order valence-electron chi connectivity index (χ3n) is 9.19. The molecular formula is C38H49N13O4. The highest BCUT2D eigenvalue weighted by molar-refractivity contribution is 6.06. The van der Waals surface area contributed by atoms with Gasteiger partial charge in [-0.3, -0.25) is 39.2 Å². The Morgan fingerprint density at radius 3 is 1.89 bits per heavy atom. The van der Waals surface area contributed by atoms with Gasteiger partial charge >= 0.3 is 0 Å². The second-order valence-electron chi connectivity index (χ2n) is 13.0. The van der Waals surface area contributed by atoms with Crippen molar-refractivity contribution in [1.82, 2.24) is 44.0 Å². The highest BCUT2D eigenvalue weighted by Gasteiger charge is 2.23. The summed E-state index contributed by atoms with van der Waals surface area (Å²) >= 11 is 0. The standard InChI is InChI=1S/C37H45N13O4.CH4/c1-7-49-29(18-22(3)44-49)34(53)42-36-40-25-20-24(33(38)52)14-15-26(25)47(36)16-9-10-17-48-28-13-11-12-27(46(6)31(51)21-39-5)32(28)41-37(48)43-35(54)30-19-23(4)45-50(30)8-2;/h11-15,18-20,39H,7-10,16-17,21H2,1-6H3,(H2,38,52)(H,40,42,53)(H,41,43,54);1H4. The van der Waals surface area contributed by atoms with Gasteiger partial charge in [0.05, 0.1) is 40.2 Å². The second kappa shape index (κ2) is 16.8. The van der Waals surface area contributed by atoms with Crippen LogP contribution in [0.4, 0.5) is 17.6 Å². The number of carbonyl (C=O) groups excluding carboxylic acids is 4. The predicted molar refractivity (Wildman–Crippen MR) is 212 cm³/mol. The van der Waals surface area contributed by atoms with Crippen LogP contribution in [0.2, 0.25) is 0 Å². The molecule has 0 fully saturated rings. The molecule has 6 rings (SSSR count). The summed E-state index contributed by atoms with van der Waals surface area (Å²) in [5, 5.41) is 17.7. The number of amides is 4. The van der Waals surface area contributed by atoms with Gasteiger partial charge in [0.1, 0.15) is 16.9 Å². The van der Waals surface area contributed by atoms with Crippen molar-refractivity contribution in [3.05, 3.63) is 76.9 Å². The maximum absolute atomic E-state index is 13.6. The summed E-state index contributed by atoms with van der Waals surface area (Å²) in [4.78, 5) is 63.0. The van der Waals surface area contributed by atoms with E-state index in [1.54, 1.807) is 58.7 Å². The van der Waals surface area contributed by atoms with Crippen molar-refractivity contribution in [1.29, 1.82) is 0 Å². The van der Waals surface area contributed by atoms with Crippen LogP contribution in [0, 0.1) is 13.8 Å². The number of anilines is 3. The van der Waals surface area contributed by atoms with E-state index in [1.165, 1.54) is 0 Å². The first kappa shape index (κ1) is 39.8. The first-order valence-corrected chi connectivity index (χ1v) is 17.9. The molecule has 4 heterocycles. The minimum Gasteiger partial charge on any atom is -0.366 e. The number of unbranched alkanes of at least 4 members (excludes halogenated alkanes) is 1. The number of carbonyl (C=O) groups is 4. The zero-order chi connectivity index (χ0) is 38.7. The molecule has 0 bridgehead atoms. The molecule has 6 aromatic rings. The highest BCUT2D eigenvalue weighted by atomic mass is 16.2. The van der Waals surface area contributed by atoms with Crippen LogP contribution in [-0.2, 0) is 31.0 Å². The maximum atomic E-state index is 13.6. The summed E-state index contributed by atoms with van der Waals surface area (Å²) in [7, 11) is 3.41. The maximum Gasteiger partial charge on any atom is 0.276 e. The van der Waals surface area contributed by atoms with Crippen molar-refractivity contribution in [3.8, 4) is 0 Å². The highest BCUT2D eigenvalue weighted by Crippen LogP contribution is 2.30. The van der Waals surface area contributed by atoms with Crippen LogP contribution in [-0.4, -0.2) is 82.9 Å². The summed E-state index contributed by atoms with van der Waals surface area (Å²) in [6, 6.07) is 14.1. The van der Waals surface area contributed by atoms with E-state index in [4.69, 9.17) is 10.7 Å². The van der Waals surface area contributed by atoms with E-state index in [2.05, 4.69) is 31.1 Å². The summed E-state index contributed by atoms with van der Waals surface area (Å²) in [6.07, 6.45) is 1.26. The van der Waals surface area contributed by atoms with Crippen molar-refractivity contribution in [2.24, 2.45) is 5.73 Å². The molecule has 0 atom stereocenters. The van der Waals surface area contributed by atoms with E-state index < -0.39 is 5.91 Å². The van der Waals surface area contributed by atoms with Gasteiger partial charge in [0.15, 0.2) is 0 Å². The minimum absolute atomic E-state index is 0. The summed E-state index contributed by atoms with van der Waals surface area (Å²) in [5.74, 6) is -0.773. The number of rotatable bonds is 15. The third kappa shape index (κ3) is 8.11. The van der Waals surface area contributed by atoms with Gasteiger partial charge in [0.2, 0.25) is 23.7 Å². The number of aromatic nitrogens is 8. The fourth-order valence-corrected chi connectivity index (χ4v) is 6.54. The lowest BCUT2D eigenvalue weighted by atomic mass is 10.2. The smallest absolute Gasteiger partial charge is 0.276 e. The number of hydrogen-bond acceptors (Lipinski definition) is 9. The van der Waals surface area contributed by atoms with E-state index in [9.17, 15) is 19.2 Å². The molecule has 0 unspecified atom stereocenters. The topological polar surface area (TPSA) is 205 Å². The fraction of sp³-hybridized carbons (Fsp3) is 0.368. The number of aryl methyl sites for hydroxylation is 6. The van der Waals surface area contributed by atoms with Gasteiger partial charge in [0.25, 0.3) is 11.8 Å². The molecule has 0 saturated carbocycles. The number of imidazole rings is 2. The van der Waals surface area contributed by atoms with Gasteiger partial charge in [-0.15, -0.1) is 0 Å². The Balaban J connectivity index is 0.00000580. The molecule has 0 aliphatic heterocycles. The van der Waals surface area contributed by atoms with Gasteiger partial charge in [-0.05, 0) is 90.0 Å². The van der Waals surface area contributed by atoms with Crippen LogP contribution in [0.3, 0.4) is 0 Å². The monoisotopic (exact) mass is 751 g/mol. The number of para-hydroxylation sites is 1. The molecule has 0 aliphatic carbocycles. The number of benzene rings is 2. The fourth-order valence-electron chi connectivity index (χ4n) is 6.54. The van der Waals surface area contributed by atoms with E-state index in [0.717, 1.165) is 22.4 Å². The summed E-state index contributed by atoms with van der Waals surface area (Å²) < 4.78 is 7.12. The van der Waals surface area contributed by atoms with Crippen molar-refractivity contribution in [2.75, 3.05) is 36.2 Å². The van der Waals surface area contributed by atoms with E-state index in [0.29, 0.717) is 84.6 Å². The predicted octanol–water partition coefficient (Wildman–Crippen LogP) is 4.34. The van der Waals surface area contributed by atoms with Gasteiger partial charge < -0.3 is 25.1 Å². The Morgan fingerprint density at radius 2 is 1.35 bits per heavy atom. The number of nitrogens with two attached hydrogens (primary N) is 1. The summed E-state index contributed by atoms with van der Waals surface area (Å²) in [5.41, 5.74) is 11.3. The molecule has 17 heteroatoms. The molecule has 0 saturated heterocycles. The lowest BCUT2D eigenvalue weighted by molar-refractivity contribution is -0.117. The number of fused-ring (bicyclic) bond motifs is 2. The Hall–Kier alpha value is -6.36. The van der Waals surface area contributed by atoms with E-state index >= 15 is 0 Å². The van der Waals surface area contributed by atoms with Crippen LogP contribution in [0.1, 0.15) is 76.8 Å². The third-order valence-corrected chi connectivity index (χ3v) is 9.19. The normalized spacial score (nSPS) is 11.2. The SMILES string of the molecule is C.CCn1nc(C)cc1C(=O)Nc1nc2cc(C(N)=O)ccc2n1CCCCn1c(NC(=O)c2cc(C)nn2CC)nc2c(N(C)C(=O)CNC)cccc21. The number of nitrogens with zero attached hydrogens (tertiary/aromatic N) is 9. The molecule has 2 aromatic carbocycles. The average Bonchev–Trinajstić information content (AvgIpc) is 3.91. The Labute approximate surface area is 318 Å². The zero-order valence-electron chi connectivity index (χ0n) is 31.3. The zero-order valence-corrected chi connectivity index (χ0v) is 31.3. The Morgan fingerprint density at radius 1 is 0.782 bits per heavy atom. The van der Waals surface area contributed by atoms with Gasteiger partial charge in [0, 0.05) is 38.8 Å². The molecule has 55 heavy (non-hydrogen) atoms. The molecule has 4 aromatic heterocycles. The van der Waals surface area contributed by atoms with Gasteiger partial charge in [-0.2, -0.15) is 10.2 Å². The first-order valence-electron chi connectivity index (χ1n) is 17.9. The minimum atomic E-state index is -0.579. The van der Waals surface area contributed by atoms with Gasteiger partial charge in [-0.1, -0.05) is 13.5 Å². The van der Waals surface area contributed by atoms with Crippen LogP contribution in [0.5, 0.6) is 0 Å². The quantitative estimate of drug-likeness (QED) is 0.110. The lowest BCUT2D eigenvalue weighted by Gasteiger charge is -2.17. The molecule has 0 radical (unpaired) electrons. The first-order chi connectivity index (χ1) is 25.9. The van der Waals surface area contributed by atoms with Crippen LogP contribution in [0.15, 0.2) is 48.5 Å². The molecule has 0 aliphatic rings. The number of nitrogens with one attached hydrogen (secondary N) is 3. The van der Waals surface area contributed by atoms with Crippen LogP contribution >= 0.6 is 0 Å².